The molecule has 1 N–H and O–H groups in total. The van der Waals surface area contributed by atoms with E-state index in [0.717, 1.165) is 17.4 Å². The number of carbonyl (C=O) groups excluding carboxylic acids is 2. The van der Waals surface area contributed by atoms with Crippen LogP contribution in [0.5, 0.6) is 0 Å². The highest BCUT2D eigenvalue weighted by atomic mass is 32.2. The highest BCUT2D eigenvalue weighted by Crippen LogP contribution is 2.39. The predicted octanol–water partition coefficient (Wildman–Crippen LogP) is 1.69. The number of rotatable bonds is 7. The van der Waals surface area contributed by atoms with Crippen molar-refractivity contribution in [3.8, 4) is 0 Å². The molecule has 2 fully saturated rings. The average Bonchev–Trinajstić information content (AvgIpc) is 3.13. The second-order valence-electron chi connectivity index (χ2n) is 8.67. The largest absolute Gasteiger partial charge is 0.507 e. The number of ether oxygens (including phenoxy) is 1. The van der Waals surface area contributed by atoms with E-state index in [1.54, 1.807) is 12.1 Å². The summed E-state index contributed by atoms with van der Waals surface area (Å²) in [6, 6.07) is 14.0. The maximum atomic E-state index is 13.2. The Labute approximate surface area is 205 Å². The Balaban J connectivity index is 1.76. The molecule has 2 aromatic carbocycles. The number of carbonyl (C=O) groups is 2. The molecule has 2 aliphatic heterocycles. The summed E-state index contributed by atoms with van der Waals surface area (Å²) in [5.74, 6) is -1.88. The monoisotopic (exact) mass is 499 g/mol. The molecule has 1 atom stereocenters. The molecular formula is C25H29N3O6S. The summed E-state index contributed by atoms with van der Waals surface area (Å²) < 4.78 is 31.7. The van der Waals surface area contributed by atoms with Gasteiger partial charge in [0.25, 0.3) is 11.7 Å². The number of sulfonamides is 1. The van der Waals surface area contributed by atoms with E-state index in [-0.39, 0.29) is 16.0 Å². The lowest BCUT2D eigenvalue weighted by molar-refractivity contribution is -0.140. The zero-order chi connectivity index (χ0) is 25.2. The number of aliphatic hydroxyl groups is 1. The third-order valence-corrected chi connectivity index (χ3v) is 8.11. The van der Waals surface area contributed by atoms with Crippen molar-refractivity contribution < 1.29 is 27.9 Å². The Morgan fingerprint density at radius 1 is 1.03 bits per heavy atom. The number of aliphatic hydroxyl groups excluding tert-OH is 1. The Bertz CT molecular complexity index is 1240. The summed E-state index contributed by atoms with van der Waals surface area (Å²) in [5, 5.41) is 11.2. The van der Waals surface area contributed by atoms with Crippen molar-refractivity contribution in [3.63, 3.8) is 0 Å². The van der Waals surface area contributed by atoms with Gasteiger partial charge in [-0.3, -0.25) is 14.5 Å². The number of likely N-dealkylation sites (tertiary alicyclic amines) is 1. The van der Waals surface area contributed by atoms with Crippen LogP contribution in [0.15, 0.2) is 65.1 Å². The van der Waals surface area contributed by atoms with Gasteiger partial charge in [-0.25, -0.2) is 12.7 Å². The fourth-order valence-corrected chi connectivity index (χ4v) is 5.28. The Morgan fingerprint density at radius 2 is 1.71 bits per heavy atom. The van der Waals surface area contributed by atoms with E-state index in [0.29, 0.717) is 31.9 Å². The first-order chi connectivity index (χ1) is 16.7. The first-order valence-corrected chi connectivity index (χ1v) is 12.8. The summed E-state index contributed by atoms with van der Waals surface area (Å²) >= 11 is 0. The van der Waals surface area contributed by atoms with Gasteiger partial charge in [-0.1, -0.05) is 42.5 Å². The number of Topliss-reactive ketones (excluding diaryl/α,β-unsaturated/α-hetero) is 1. The van der Waals surface area contributed by atoms with Crippen molar-refractivity contribution in [3.05, 3.63) is 71.3 Å². The van der Waals surface area contributed by atoms with Gasteiger partial charge in [0, 0.05) is 45.8 Å². The molecule has 0 unspecified atom stereocenters. The van der Waals surface area contributed by atoms with E-state index in [1.165, 1.54) is 43.3 Å². The lowest BCUT2D eigenvalue weighted by Crippen LogP contribution is -2.42. The number of morpholine rings is 1. The van der Waals surface area contributed by atoms with E-state index in [2.05, 4.69) is 4.90 Å². The van der Waals surface area contributed by atoms with Crippen LogP contribution < -0.4 is 0 Å². The third-order valence-electron chi connectivity index (χ3n) is 6.30. The van der Waals surface area contributed by atoms with E-state index >= 15 is 0 Å². The molecule has 2 aliphatic rings. The fraction of sp³-hybridized carbons (Fsp3) is 0.360. The van der Waals surface area contributed by atoms with Gasteiger partial charge in [-0.2, -0.15) is 0 Å². The molecule has 2 heterocycles. The van der Waals surface area contributed by atoms with E-state index < -0.39 is 33.5 Å². The molecule has 35 heavy (non-hydrogen) atoms. The summed E-state index contributed by atoms with van der Waals surface area (Å²) in [6.07, 6.45) is 0. The topological polar surface area (TPSA) is 107 Å². The van der Waals surface area contributed by atoms with Crippen molar-refractivity contribution in [1.82, 2.24) is 14.1 Å². The van der Waals surface area contributed by atoms with E-state index in [1.807, 2.05) is 18.2 Å². The molecule has 0 saturated carbocycles. The molecule has 2 aromatic rings. The molecule has 9 nitrogen and oxygen atoms in total. The first kappa shape index (κ1) is 25.1. The summed E-state index contributed by atoms with van der Waals surface area (Å²) in [7, 11) is -0.929. The quantitative estimate of drug-likeness (QED) is 0.351. The summed E-state index contributed by atoms with van der Waals surface area (Å²) in [4.78, 5) is 29.9. The second-order valence-corrected chi connectivity index (χ2v) is 10.8. The maximum Gasteiger partial charge on any atom is 0.295 e. The minimum atomic E-state index is -3.76. The Kier molecular flexibility index (Phi) is 7.36. The normalized spacial score (nSPS) is 21.1. The molecule has 0 bridgehead atoms. The van der Waals surface area contributed by atoms with Gasteiger partial charge in [0.2, 0.25) is 10.0 Å². The van der Waals surface area contributed by atoms with Gasteiger partial charge in [-0.15, -0.1) is 0 Å². The lowest BCUT2D eigenvalue weighted by atomic mass is 9.95. The maximum absolute atomic E-state index is 13.2. The van der Waals surface area contributed by atoms with Crippen molar-refractivity contribution in [2.45, 2.75) is 10.9 Å². The van der Waals surface area contributed by atoms with Crippen LogP contribution in [0.1, 0.15) is 17.2 Å². The van der Waals surface area contributed by atoms with Crippen LogP contribution in [-0.4, -0.2) is 92.8 Å². The fourth-order valence-electron chi connectivity index (χ4n) is 4.34. The molecule has 0 radical (unpaired) electrons. The number of nitrogens with zero attached hydrogens (tertiary/aromatic N) is 3. The van der Waals surface area contributed by atoms with Gasteiger partial charge < -0.3 is 14.7 Å². The highest BCUT2D eigenvalue weighted by Gasteiger charge is 2.46. The van der Waals surface area contributed by atoms with Crippen LogP contribution in [0.3, 0.4) is 0 Å². The lowest BCUT2D eigenvalue weighted by Gasteiger charge is -2.31. The molecule has 0 aliphatic carbocycles. The highest BCUT2D eigenvalue weighted by molar-refractivity contribution is 7.89. The molecule has 10 heteroatoms. The van der Waals surface area contributed by atoms with Crippen molar-refractivity contribution in [2.75, 3.05) is 53.5 Å². The zero-order valence-electron chi connectivity index (χ0n) is 19.8. The van der Waals surface area contributed by atoms with Gasteiger partial charge in [0.05, 0.1) is 29.7 Å². The van der Waals surface area contributed by atoms with Gasteiger partial charge >= 0.3 is 0 Å². The van der Waals surface area contributed by atoms with E-state index in [9.17, 15) is 23.1 Å². The van der Waals surface area contributed by atoms with E-state index in [4.69, 9.17) is 4.74 Å². The predicted molar refractivity (Wildman–Crippen MR) is 130 cm³/mol. The van der Waals surface area contributed by atoms with Gasteiger partial charge in [-0.05, 0) is 17.7 Å². The molecule has 0 aromatic heterocycles. The molecule has 2 saturated heterocycles. The number of hydrogen-bond donors (Lipinski definition) is 1. The molecule has 186 valence electrons. The van der Waals surface area contributed by atoms with Gasteiger partial charge in [0.1, 0.15) is 5.76 Å². The second kappa shape index (κ2) is 10.3. The molecule has 1 amide bonds. The van der Waals surface area contributed by atoms with Crippen LogP contribution in [0.4, 0.5) is 0 Å². The number of ketones is 1. The standard InChI is InChI=1S/C25H29N3O6S/c1-26(2)35(32,33)20-10-6-9-19(17-20)23(29)21-22(18-7-4-3-5-8-18)28(25(31)24(21)30)12-11-27-13-15-34-16-14-27/h3-10,17,22,29H,11-16H2,1-2H3/t22-/m1/s1. The third kappa shape index (κ3) is 5.01. The number of amides is 1. The van der Waals surface area contributed by atoms with Gasteiger partial charge in [0.15, 0.2) is 0 Å². The Morgan fingerprint density at radius 3 is 2.37 bits per heavy atom. The van der Waals surface area contributed by atoms with Crippen molar-refractivity contribution >= 4 is 27.5 Å². The van der Waals surface area contributed by atoms with Crippen LogP contribution in [0.2, 0.25) is 0 Å². The van der Waals surface area contributed by atoms with Crippen LogP contribution in [0.25, 0.3) is 5.76 Å². The number of hydrogen-bond acceptors (Lipinski definition) is 7. The smallest absolute Gasteiger partial charge is 0.295 e. The molecule has 4 rings (SSSR count). The number of benzene rings is 2. The van der Waals surface area contributed by atoms with Crippen LogP contribution in [0, 0.1) is 0 Å². The summed E-state index contributed by atoms with van der Waals surface area (Å²) in [6.45, 7) is 3.59. The van der Waals surface area contributed by atoms with Crippen molar-refractivity contribution in [1.29, 1.82) is 0 Å². The van der Waals surface area contributed by atoms with Crippen LogP contribution >= 0.6 is 0 Å². The average molecular weight is 500 g/mol. The minimum absolute atomic E-state index is 0.0237. The van der Waals surface area contributed by atoms with Crippen LogP contribution in [-0.2, 0) is 24.3 Å². The zero-order valence-corrected chi connectivity index (χ0v) is 20.6. The summed E-state index contributed by atoms with van der Waals surface area (Å²) in [5.41, 5.74) is 0.787. The van der Waals surface area contributed by atoms with Crippen molar-refractivity contribution in [2.24, 2.45) is 0 Å². The Hall–Kier alpha value is -3.05. The first-order valence-electron chi connectivity index (χ1n) is 11.4. The minimum Gasteiger partial charge on any atom is -0.507 e. The SMILES string of the molecule is CN(C)S(=O)(=O)c1cccc(C(O)=C2C(=O)C(=O)N(CCN3CCOCC3)[C@@H]2c2ccccc2)c1. The molecular weight excluding hydrogens is 470 g/mol. The molecule has 0 spiro atoms.